The summed E-state index contributed by atoms with van der Waals surface area (Å²) in [6, 6.07) is 35.6. The summed E-state index contributed by atoms with van der Waals surface area (Å²) in [6.07, 6.45) is 7.34. The molecular formula is C33H27NO3. The van der Waals surface area contributed by atoms with Crippen LogP contribution in [0.2, 0.25) is 0 Å². The Labute approximate surface area is 217 Å². The molecule has 4 nitrogen and oxygen atoms in total. The number of carbonyl (C=O) groups is 1. The molecule has 5 aromatic rings. The third-order valence-electron chi connectivity index (χ3n) is 6.12. The van der Waals surface area contributed by atoms with E-state index in [2.05, 4.69) is 24.3 Å². The predicted octanol–water partition coefficient (Wildman–Crippen LogP) is 7.63. The minimum Gasteiger partial charge on any atom is -0.496 e. The van der Waals surface area contributed by atoms with Gasteiger partial charge in [0, 0.05) is 29.2 Å². The zero-order chi connectivity index (χ0) is 25.5. The van der Waals surface area contributed by atoms with Crippen molar-refractivity contribution in [1.82, 2.24) is 4.57 Å². The normalized spacial score (nSPS) is 10.9. The highest BCUT2D eigenvalue weighted by molar-refractivity contribution is 6.07. The molecule has 0 saturated heterocycles. The summed E-state index contributed by atoms with van der Waals surface area (Å²) in [6.45, 7) is 0.350. The maximum absolute atomic E-state index is 12.8. The van der Waals surface area contributed by atoms with E-state index in [0.717, 1.165) is 33.9 Å². The van der Waals surface area contributed by atoms with Gasteiger partial charge in [-0.1, -0.05) is 66.7 Å². The van der Waals surface area contributed by atoms with Crippen molar-refractivity contribution in [3.05, 3.63) is 144 Å². The van der Waals surface area contributed by atoms with Crippen LogP contribution >= 0.6 is 0 Å². The quantitative estimate of drug-likeness (QED) is 0.159. The Kier molecular flexibility index (Phi) is 7.28. The van der Waals surface area contributed by atoms with E-state index < -0.39 is 0 Å². The first kappa shape index (κ1) is 23.9. The highest BCUT2D eigenvalue weighted by Crippen LogP contribution is 2.25. The van der Waals surface area contributed by atoms with Crippen molar-refractivity contribution in [3.63, 3.8) is 0 Å². The third kappa shape index (κ3) is 5.88. The fourth-order valence-electron chi connectivity index (χ4n) is 4.14. The van der Waals surface area contributed by atoms with Crippen LogP contribution in [-0.2, 0) is 6.61 Å². The minimum absolute atomic E-state index is 0.0545. The van der Waals surface area contributed by atoms with Gasteiger partial charge < -0.3 is 14.0 Å². The lowest BCUT2D eigenvalue weighted by Gasteiger charge is -2.12. The SMILES string of the molecule is COc1ccc(/C=C/C(=O)c2cccc(-n3cccc3)c2)cc1COc1ccc(-c2ccccc2)cc1. The van der Waals surface area contributed by atoms with Crippen LogP contribution in [0.25, 0.3) is 22.9 Å². The molecule has 37 heavy (non-hydrogen) atoms. The van der Waals surface area contributed by atoms with Gasteiger partial charge in [0.25, 0.3) is 0 Å². The Morgan fingerprint density at radius 3 is 2.30 bits per heavy atom. The number of hydrogen-bond acceptors (Lipinski definition) is 3. The molecule has 0 radical (unpaired) electrons. The summed E-state index contributed by atoms with van der Waals surface area (Å²) in [5.41, 5.74) is 5.69. The van der Waals surface area contributed by atoms with Crippen molar-refractivity contribution in [2.75, 3.05) is 7.11 Å². The van der Waals surface area contributed by atoms with Gasteiger partial charge in [0.15, 0.2) is 5.78 Å². The van der Waals surface area contributed by atoms with E-state index in [1.54, 1.807) is 13.2 Å². The van der Waals surface area contributed by atoms with Crippen molar-refractivity contribution in [1.29, 1.82) is 0 Å². The van der Waals surface area contributed by atoms with Gasteiger partial charge in [0.1, 0.15) is 18.1 Å². The summed E-state index contributed by atoms with van der Waals surface area (Å²) < 4.78 is 13.6. The van der Waals surface area contributed by atoms with Gasteiger partial charge in [0.05, 0.1) is 7.11 Å². The topological polar surface area (TPSA) is 40.5 Å². The summed E-state index contributed by atoms with van der Waals surface area (Å²) in [5.74, 6) is 1.46. The first-order valence-electron chi connectivity index (χ1n) is 12.1. The van der Waals surface area contributed by atoms with Crippen molar-refractivity contribution in [2.24, 2.45) is 0 Å². The fraction of sp³-hybridized carbons (Fsp3) is 0.0606. The number of ketones is 1. The molecule has 0 aliphatic heterocycles. The van der Waals surface area contributed by atoms with Gasteiger partial charge in [-0.3, -0.25) is 4.79 Å². The van der Waals surface area contributed by atoms with E-state index in [1.807, 2.05) is 108 Å². The third-order valence-corrected chi connectivity index (χ3v) is 6.12. The zero-order valence-corrected chi connectivity index (χ0v) is 20.6. The van der Waals surface area contributed by atoms with Gasteiger partial charge in [-0.15, -0.1) is 0 Å². The Bertz CT molecular complexity index is 1500. The predicted molar refractivity (Wildman–Crippen MR) is 148 cm³/mol. The van der Waals surface area contributed by atoms with Crippen molar-refractivity contribution in [2.45, 2.75) is 6.61 Å². The van der Waals surface area contributed by atoms with E-state index in [4.69, 9.17) is 9.47 Å². The monoisotopic (exact) mass is 485 g/mol. The van der Waals surface area contributed by atoms with Gasteiger partial charge in [0.2, 0.25) is 0 Å². The van der Waals surface area contributed by atoms with Crippen LogP contribution in [0.15, 0.2) is 128 Å². The van der Waals surface area contributed by atoms with E-state index in [-0.39, 0.29) is 5.78 Å². The summed E-state index contributed by atoms with van der Waals surface area (Å²) >= 11 is 0. The smallest absolute Gasteiger partial charge is 0.185 e. The molecule has 0 atom stereocenters. The fourth-order valence-corrected chi connectivity index (χ4v) is 4.14. The molecule has 0 aliphatic carbocycles. The Hall–Kier alpha value is -4.83. The molecular weight excluding hydrogens is 458 g/mol. The molecule has 4 aromatic carbocycles. The molecule has 1 heterocycles. The van der Waals surface area contributed by atoms with Crippen molar-refractivity contribution in [3.8, 4) is 28.3 Å². The molecule has 0 fully saturated rings. The summed E-state index contributed by atoms with van der Waals surface area (Å²) in [7, 11) is 1.64. The van der Waals surface area contributed by atoms with Crippen molar-refractivity contribution < 1.29 is 14.3 Å². The molecule has 4 heteroatoms. The van der Waals surface area contributed by atoms with Crippen LogP contribution < -0.4 is 9.47 Å². The lowest BCUT2D eigenvalue weighted by atomic mass is 10.1. The number of rotatable bonds is 9. The molecule has 0 bridgehead atoms. The van der Waals surface area contributed by atoms with E-state index in [1.165, 1.54) is 5.56 Å². The molecule has 0 unspecified atom stereocenters. The van der Waals surface area contributed by atoms with Gasteiger partial charge >= 0.3 is 0 Å². The second-order valence-electron chi connectivity index (χ2n) is 8.59. The van der Waals surface area contributed by atoms with Crippen LogP contribution in [0.4, 0.5) is 0 Å². The van der Waals surface area contributed by atoms with E-state index in [9.17, 15) is 4.79 Å². The van der Waals surface area contributed by atoms with Crippen LogP contribution in [0.1, 0.15) is 21.5 Å². The summed E-state index contributed by atoms with van der Waals surface area (Å²) in [5, 5.41) is 0. The van der Waals surface area contributed by atoms with Gasteiger partial charge in [-0.2, -0.15) is 0 Å². The molecule has 0 saturated carbocycles. The number of allylic oxidation sites excluding steroid dienone is 1. The summed E-state index contributed by atoms with van der Waals surface area (Å²) in [4.78, 5) is 12.8. The minimum atomic E-state index is -0.0545. The second kappa shape index (κ2) is 11.3. The number of carbonyl (C=O) groups excluding carboxylic acids is 1. The highest BCUT2D eigenvalue weighted by Gasteiger charge is 2.07. The maximum Gasteiger partial charge on any atom is 0.185 e. The van der Waals surface area contributed by atoms with Gasteiger partial charge in [-0.05, 0) is 71.3 Å². The molecule has 0 spiro atoms. The molecule has 1 aromatic heterocycles. The zero-order valence-electron chi connectivity index (χ0n) is 20.6. The van der Waals surface area contributed by atoms with Crippen LogP contribution in [0.5, 0.6) is 11.5 Å². The maximum atomic E-state index is 12.8. The molecule has 0 amide bonds. The lowest BCUT2D eigenvalue weighted by molar-refractivity contribution is 0.104. The molecule has 0 N–H and O–H groups in total. The average Bonchev–Trinajstić information content (AvgIpc) is 3.51. The number of ether oxygens (including phenoxy) is 2. The largest absolute Gasteiger partial charge is 0.496 e. The standard InChI is InChI=1S/C33H27NO3/c1-36-33-19-13-25(12-18-32(35)28-10-7-11-30(23-28)34-20-5-6-21-34)22-29(33)24-37-31-16-14-27(15-17-31)26-8-3-2-4-9-26/h2-23H,24H2,1H3/b18-12+. The highest BCUT2D eigenvalue weighted by atomic mass is 16.5. The number of benzene rings is 4. The van der Waals surface area contributed by atoms with E-state index in [0.29, 0.717) is 12.2 Å². The molecule has 182 valence electrons. The number of hydrogen-bond donors (Lipinski definition) is 0. The number of aromatic nitrogens is 1. The number of nitrogens with zero attached hydrogens (tertiary/aromatic N) is 1. The van der Waals surface area contributed by atoms with Gasteiger partial charge in [-0.25, -0.2) is 0 Å². The lowest BCUT2D eigenvalue weighted by Crippen LogP contribution is -2.00. The average molecular weight is 486 g/mol. The van der Waals surface area contributed by atoms with Crippen LogP contribution in [0, 0.1) is 0 Å². The molecule has 0 aliphatic rings. The Balaban J connectivity index is 1.27. The van der Waals surface area contributed by atoms with Crippen LogP contribution in [-0.4, -0.2) is 17.5 Å². The van der Waals surface area contributed by atoms with E-state index >= 15 is 0 Å². The molecule has 5 rings (SSSR count). The second-order valence-corrected chi connectivity index (χ2v) is 8.59. The number of methoxy groups -OCH3 is 1. The first-order valence-corrected chi connectivity index (χ1v) is 12.1. The Morgan fingerprint density at radius 2 is 1.54 bits per heavy atom. The van der Waals surface area contributed by atoms with Crippen LogP contribution in [0.3, 0.4) is 0 Å². The first-order chi connectivity index (χ1) is 18.2. The Morgan fingerprint density at radius 1 is 0.784 bits per heavy atom. The van der Waals surface area contributed by atoms with Crippen molar-refractivity contribution >= 4 is 11.9 Å².